The van der Waals surface area contributed by atoms with Crippen molar-refractivity contribution in [2.45, 2.75) is 18.9 Å². The Hall–Kier alpha value is -4.00. The van der Waals surface area contributed by atoms with Crippen LogP contribution in [0.4, 0.5) is 0 Å². The first-order chi connectivity index (χ1) is 17.6. The molecule has 0 bridgehead atoms. The molecule has 2 aliphatic heterocycles. The van der Waals surface area contributed by atoms with Crippen molar-refractivity contribution < 1.29 is 23.8 Å². The van der Waals surface area contributed by atoms with E-state index in [9.17, 15) is 9.59 Å². The zero-order chi connectivity index (χ0) is 25.1. The van der Waals surface area contributed by atoms with Crippen LogP contribution >= 0.6 is 0 Å². The molecule has 0 aromatic heterocycles. The van der Waals surface area contributed by atoms with Gasteiger partial charge in [0, 0.05) is 31.0 Å². The molecule has 0 radical (unpaired) electrons. The number of hydrogen-bond donors (Lipinski definition) is 0. The SMILES string of the molecule is COc1cccc(-c2cc3c(c(OC)c2)OCCN(C(=O)CN2C[C@@H](c4ccccc4)CC2=O)C3)c1. The Kier molecular flexibility index (Phi) is 6.80. The number of ether oxygens (including phenoxy) is 3. The molecule has 2 amide bonds. The third-order valence-electron chi connectivity index (χ3n) is 6.89. The summed E-state index contributed by atoms with van der Waals surface area (Å²) in [7, 11) is 3.26. The third kappa shape index (κ3) is 4.87. The van der Waals surface area contributed by atoms with Crippen molar-refractivity contribution in [1.29, 1.82) is 0 Å². The summed E-state index contributed by atoms with van der Waals surface area (Å²) in [6, 6.07) is 21.8. The van der Waals surface area contributed by atoms with Gasteiger partial charge in [-0.1, -0.05) is 42.5 Å². The molecule has 3 aromatic rings. The lowest BCUT2D eigenvalue weighted by Gasteiger charge is -2.24. The summed E-state index contributed by atoms with van der Waals surface area (Å²) in [5, 5.41) is 0. The summed E-state index contributed by atoms with van der Waals surface area (Å²) in [5.41, 5.74) is 3.93. The van der Waals surface area contributed by atoms with Gasteiger partial charge < -0.3 is 24.0 Å². The van der Waals surface area contributed by atoms with Crippen LogP contribution in [0, 0.1) is 0 Å². The van der Waals surface area contributed by atoms with Crippen LogP contribution in [0.1, 0.15) is 23.5 Å². The fraction of sp³-hybridized carbons (Fsp3) is 0.310. The van der Waals surface area contributed by atoms with Gasteiger partial charge in [-0.15, -0.1) is 0 Å². The summed E-state index contributed by atoms with van der Waals surface area (Å²) >= 11 is 0. The van der Waals surface area contributed by atoms with E-state index in [-0.39, 0.29) is 24.3 Å². The smallest absolute Gasteiger partial charge is 0.242 e. The van der Waals surface area contributed by atoms with Gasteiger partial charge in [-0.25, -0.2) is 0 Å². The van der Waals surface area contributed by atoms with Crippen molar-refractivity contribution in [1.82, 2.24) is 9.80 Å². The Labute approximate surface area is 211 Å². The van der Waals surface area contributed by atoms with E-state index >= 15 is 0 Å². The van der Waals surface area contributed by atoms with E-state index in [0.29, 0.717) is 44.2 Å². The lowest BCUT2D eigenvalue weighted by Crippen LogP contribution is -2.41. The van der Waals surface area contributed by atoms with Crippen LogP contribution in [0.5, 0.6) is 17.2 Å². The predicted molar refractivity (Wildman–Crippen MR) is 136 cm³/mol. The number of hydrogen-bond acceptors (Lipinski definition) is 5. The van der Waals surface area contributed by atoms with Gasteiger partial charge in [0.05, 0.1) is 27.3 Å². The molecule has 5 rings (SSSR count). The number of methoxy groups -OCH3 is 2. The highest BCUT2D eigenvalue weighted by Crippen LogP contribution is 2.39. The van der Waals surface area contributed by atoms with E-state index in [1.165, 1.54) is 0 Å². The lowest BCUT2D eigenvalue weighted by atomic mass is 9.99. The topological polar surface area (TPSA) is 68.3 Å². The monoisotopic (exact) mass is 486 g/mol. The molecule has 3 aromatic carbocycles. The highest BCUT2D eigenvalue weighted by Gasteiger charge is 2.33. The van der Waals surface area contributed by atoms with Gasteiger partial charge in [0.1, 0.15) is 12.4 Å². The van der Waals surface area contributed by atoms with Gasteiger partial charge in [0.2, 0.25) is 11.8 Å². The minimum Gasteiger partial charge on any atom is -0.497 e. The Morgan fingerprint density at radius 3 is 2.61 bits per heavy atom. The minimum atomic E-state index is -0.0840. The molecular weight excluding hydrogens is 456 g/mol. The van der Waals surface area contributed by atoms with Crippen molar-refractivity contribution in [3.8, 4) is 28.4 Å². The number of carbonyl (C=O) groups excluding carboxylic acids is 2. The maximum atomic E-state index is 13.3. The average Bonchev–Trinajstić information content (AvgIpc) is 3.14. The van der Waals surface area contributed by atoms with Crippen molar-refractivity contribution in [3.63, 3.8) is 0 Å². The summed E-state index contributed by atoms with van der Waals surface area (Å²) in [6.07, 6.45) is 0.435. The first-order valence-corrected chi connectivity index (χ1v) is 12.1. The lowest BCUT2D eigenvalue weighted by molar-refractivity contribution is -0.138. The summed E-state index contributed by atoms with van der Waals surface area (Å²) in [5.74, 6) is 2.10. The Morgan fingerprint density at radius 1 is 1.00 bits per heavy atom. The standard InChI is InChI=1S/C29H30N2O5/c1-34-25-10-6-9-21(14-25)22-13-24-18-30(11-12-36-29(24)26(15-22)35-2)28(33)19-31-17-23(16-27(31)32)20-7-4-3-5-8-20/h3-10,13-15,23H,11-12,16-19H2,1-2H3/t23-/m0/s1. The Balaban J connectivity index is 1.34. The van der Waals surface area contributed by atoms with E-state index in [2.05, 4.69) is 0 Å². The van der Waals surface area contributed by atoms with Crippen LogP contribution in [-0.4, -0.2) is 62.1 Å². The molecule has 0 N–H and O–H groups in total. The number of benzene rings is 3. The Morgan fingerprint density at radius 2 is 1.83 bits per heavy atom. The Bertz CT molecular complexity index is 1260. The van der Waals surface area contributed by atoms with Crippen molar-refractivity contribution in [3.05, 3.63) is 77.9 Å². The maximum Gasteiger partial charge on any atom is 0.242 e. The number of fused-ring (bicyclic) bond motifs is 1. The van der Waals surface area contributed by atoms with Crippen LogP contribution in [0.25, 0.3) is 11.1 Å². The molecule has 1 atom stereocenters. The first-order valence-electron chi connectivity index (χ1n) is 12.1. The molecule has 0 unspecified atom stereocenters. The largest absolute Gasteiger partial charge is 0.497 e. The molecule has 0 saturated carbocycles. The van der Waals surface area contributed by atoms with E-state index < -0.39 is 0 Å². The molecule has 7 heteroatoms. The highest BCUT2D eigenvalue weighted by molar-refractivity contribution is 5.87. The van der Waals surface area contributed by atoms with Gasteiger partial charge in [-0.05, 0) is 41.0 Å². The fourth-order valence-electron chi connectivity index (χ4n) is 4.95. The molecule has 0 aliphatic carbocycles. The molecule has 186 valence electrons. The summed E-state index contributed by atoms with van der Waals surface area (Å²) in [4.78, 5) is 29.5. The second-order valence-electron chi connectivity index (χ2n) is 9.15. The molecular formula is C29H30N2O5. The fourth-order valence-corrected chi connectivity index (χ4v) is 4.95. The van der Waals surface area contributed by atoms with E-state index in [0.717, 1.165) is 28.0 Å². The molecule has 2 aliphatic rings. The number of nitrogens with zero attached hydrogens (tertiary/aromatic N) is 2. The second kappa shape index (κ2) is 10.3. The third-order valence-corrected chi connectivity index (χ3v) is 6.89. The van der Waals surface area contributed by atoms with Crippen LogP contribution in [0.15, 0.2) is 66.7 Å². The highest BCUT2D eigenvalue weighted by atomic mass is 16.5. The summed E-state index contributed by atoms with van der Waals surface area (Å²) in [6.45, 7) is 1.81. The molecule has 0 spiro atoms. The summed E-state index contributed by atoms with van der Waals surface area (Å²) < 4.78 is 17.1. The number of likely N-dealkylation sites (tertiary alicyclic amines) is 1. The molecule has 1 saturated heterocycles. The van der Waals surface area contributed by atoms with Gasteiger partial charge in [-0.3, -0.25) is 9.59 Å². The van der Waals surface area contributed by atoms with Crippen LogP contribution in [-0.2, 0) is 16.1 Å². The van der Waals surface area contributed by atoms with Crippen molar-refractivity contribution in [2.24, 2.45) is 0 Å². The molecule has 36 heavy (non-hydrogen) atoms. The first kappa shape index (κ1) is 23.7. The van der Waals surface area contributed by atoms with Gasteiger partial charge in [0.25, 0.3) is 0 Å². The number of amides is 2. The van der Waals surface area contributed by atoms with Gasteiger partial charge in [0.15, 0.2) is 11.5 Å². The molecule has 1 fully saturated rings. The zero-order valence-corrected chi connectivity index (χ0v) is 20.6. The van der Waals surface area contributed by atoms with Crippen LogP contribution in [0.3, 0.4) is 0 Å². The second-order valence-corrected chi connectivity index (χ2v) is 9.15. The van der Waals surface area contributed by atoms with Crippen molar-refractivity contribution >= 4 is 11.8 Å². The maximum absolute atomic E-state index is 13.3. The quantitative estimate of drug-likeness (QED) is 0.525. The van der Waals surface area contributed by atoms with E-state index in [1.54, 1.807) is 24.0 Å². The van der Waals surface area contributed by atoms with E-state index in [4.69, 9.17) is 14.2 Å². The van der Waals surface area contributed by atoms with Crippen LogP contribution in [0.2, 0.25) is 0 Å². The minimum absolute atomic E-state index is 0.0191. The van der Waals surface area contributed by atoms with Gasteiger partial charge >= 0.3 is 0 Å². The van der Waals surface area contributed by atoms with Crippen LogP contribution < -0.4 is 14.2 Å². The number of carbonyl (C=O) groups is 2. The predicted octanol–water partition coefficient (Wildman–Crippen LogP) is 4.11. The normalized spacial score (nSPS) is 17.3. The average molecular weight is 487 g/mol. The molecule has 2 heterocycles. The number of rotatable bonds is 6. The van der Waals surface area contributed by atoms with Crippen molar-refractivity contribution in [2.75, 3.05) is 40.5 Å². The molecule has 7 nitrogen and oxygen atoms in total. The van der Waals surface area contributed by atoms with Gasteiger partial charge in [-0.2, -0.15) is 0 Å². The zero-order valence-electron chi connectivity index (χ0n) is 20.6. The van der Waals surface area contributed by atoms with E-state index in [1.807, 2.05) is 66.7 Å².